The smallest absolute Gasteiger partial charge is 0.234 e. The zero-order valence-corrected chi connectivity index (χ0v) is 19.2. The summed E-state index contributed by atoms with van der Waals surface area (Å²) < 4.78 is 5.87. The summed E-state index contributed by atoms with van der Waals surface area (Å²) in [4.78, 5) is 20.9. The molecule has 1 saturated carbocycles. The summed E-state index contributed by atoms with van der Waals surface area (Å²) in [5.41, 5.74) is 0.934. The van der Waals surface area contributed by atoms with Crippen LogP contribution in [0.4, 0.5) is 0 Å². The molecule has 8 heteroatoms. The van der Waals surface area contributed by atoms with Crippen LogP contribution >= 0.6 is 24.0 Å². The van der Waals surface area contributed by atoms with Gasteiger partial charge in [-0.05, 0) is 25.0 Å². The normalized spacial score (nSPS) is 17.8. The van der Waals surface area contributed by atoms with Crippen LogP contribution in [0.2, 0.25) is 0 Å². The molecule has 158 valence electrons. The number of hydrogen-bond donors (Lipinski definition) is 2. The number of para-hydroxylation sites is 1. The van der Waals surface area contributed by atoms with Gasteiger partial charge in [0, 0.05) is 57.6 Å². The first-order chi connectivity index (χ1) is 13.7. The molecule has 1 amide bonds. The Bertz CT molecular complexity index is 807. The van der Waals surface area contributed by atoms with E-state index in [1.807, 2.05) is 25.2 Å². The van der Waals surface area contributed by atoms with Crippen molar-refractivity contribution < 1.29 is 9.21 Å². The molecule has 1 aromatic carbocycles. The molecular formula is C21H30IN5O2. The lowest BCUT2D eigenvalue weighted by Crippen LogP contribution is -2.54. The summed E-state index contributed by atoms with van der Waals surface area (Å²) in [6.07, 6.45) is 3.08. The van der Waals surface area contributed by atoms with E-state index in [1.165, 1.54) is 0 Å². The molecule has 4 rings (SSSR count). The summed E-state index contributed by atoms with van der Waals surface area (Å²) in [6.45, 7) is 4.78. The van der Waals surface area contributed by atoms with E-state index in [9.17, 15) is 4.79 Å². The average molecular weight is 511 g/mol. The second kappa shape index (κ2) is 10.3. The molecule has 1 aliphatic carbocycles. The molecule has 0 unspecified atom stereocenters. The topological polar surface area (TPSA) is 73.1 Å². The van der Waals surface area contributed by atoms with Gasteiger partial charge in [0.1, 0.15) is 11.3 Å². The predicted octanol–water partition coefficient (Wildman–Crippen LogP) is 2.06. The molecule has 1 aliphatic heterocycles. The third-order valence-electron chi connectivity index (χ3n) is 5.32. The van der Waals surface area contributed by atoms with Crippen LogP contribution in [-0.4, -0.2) is 74.0 Å². The number of piperazine rings is 1. The lowest BCUT2D eigenvalue weighted by molar-refractivity contribution is -0.122. The zero-order valence-electron chi connectivity index (χ0n) is 16.9. The quantitative estimate of drug-likeness (QED) is 0.353. The van der Waals surface area contributed by atoms with Crippen molar-refractivity contribution in [3.63, 3.8) is 0 Å². The van der Waals surface area contributed by atoms with Crippen LogP contribution in [0.15, 0.2) is 39.7 Å². The van der Waals surface area contributed by atoms with Crippen molar-refractivity contribution in [1.82, 2.24) is 20.4 Å². The molecule has 0 atom stereocenters. The van der Waals surface area contributed by atoms with E-state index >= 15 is 0 Å². The molecule has 0 bridgehead atoms. The highest BCUT2D eigenvalue weighted by atomic mass is 127. The Morgan fingerprint density at radius 3 is 2.66 bits per heavy atom. The Balaban J connectivity index is 0.00000240. The number of carbonyl (C=O) groups excluding carboxylic acids is 1. The number of amides is 1. The standard InChI is InChI=1S/C21H29N5O2.HI/c1-22-21(23-9-8-18-14-16-4-2-3-5-19(16)28-18)26-12-10-25(11-13-26)15-20(27)24-17-6-7-17;/h2-5,14,17H,6-13,15H2,1H3,(H,22,23)(H,24,27);1H. The Kier molecular flexibility index (Phi) is 7.77. The minimum atomic E-state index is 0. The lowest BCUT2D eigenvalue weighted by Gasteiger charge is -2.36. The lowest BCUT2D eigenvalue weighted by atomic mass is 10.2. The van der Waals surface area contributed by atoms with Crippen molar-refractivity contribution >= 4 is 46.8 Å². The number of nitrogens with zero attached hydrogens (tertiary/aromatic N) is 3. The van der Waals surface area contributed by atoms with E-state index in [4.69, 9.17) is 4.42 Å². The molecule has 2 aromatic rings. The second-order valence-corrected chi connectivity index (χ2v) is 7.58. The SMILES string of the molecule is CN=C(NCCc1cc2ccccc2o1)N1CCN(CC(=O)NC2CC2)CC1.I. The minimum absolute atomic E-state index is 0. The number of fused-ring (bicyclic) bond motifs is 1. The summed E-state index contributed by atoms with van der Waals surface area (Å²) in [7, 11) is 1.82. The van der Waals surface area contributed by atoms with Gasteiger partial charge >= 0.3 is 0 Å². The third-order valence-corrected chi connectivity index (χ3v) is 5.32. The Hall–Kier alpha value is -1.81. The first kappa shape index (κ1) is 21.9. The monoisotopic (exact) mass is 511 g/mol. The van der Waals surface area contributed by atoms with Gasteiger partial charge in [-0.15, -0.1) is 24.0 Å². The van der Waals surface area contributed by atoms with Crippen LogP contribution in [0.1, 0.15) is 18.6 Å². The van der Waals surface area contributed by atoms with E-state index < -0.39 is 0 Å². The van der Waals surface area contributed by atoms with Crippen molar-refractivity contribution in [2.45, 2.75) is 25.3 Å². The summed E-state index contributed by atoms with van der Waals surface area (Å²) in [5, 5.41) is 7.64. The molecule has 0 spiro atoms. The van der Waals surface area contributed by atoms with Gasteiger partial charge in [-0.25, -0.2) is 0 Å². The number of halogens is 1. The van der Waals surface area contributed by atoms with Crippen LogP contribution in [0.25, 0.3) is 11.0 Å². The van der Waals surface area contributed by atoms with Gasteiger partial charge in [-0.3, -0.25) is 14.7 Å². The Morgan fingerprint density at radius 2 is 1.97 bits per heavy atom. The molecular weight excluding hydrogens is 481 g/mol. The van der Waals surface area contributed by atoms with E-state index in [0.29, 0.717) is 12.6 Å². The maximum Gasteiger partial charge on any atom is 0.234 e. The Labute approximate surface area is 188 Å². The molecule has 2 fully saturated rings. The van der Waals surface area contributed by atoms with Gasteiger partial charge in [0.05, 0.1) is 6.54 Å². The Morgan fingerprint density at radius 1 is 1.21 bits per heavy atom. The average Bonchev–Trinajstić information content (AvgIpc) is 3.41. The third kappa shape index (κ3) is 6.08. The van der Waals surface area contributed by atoms with Crippen LogP contribution in [0.3, 0.4) is 0 Å². The van der Waals surface area contributed by atoms with Gasteiger partial charge in [-0.2, -0.15) is 0 Å². The molecule has 2 aliphatic rings. The van der Waals surface area contributed by atoms with E-state index in [1.54, 1.807) is 0 Å². The van der Waals surface area contributed by atoms with Crippen molar-refractivity contribution in [3.05, 3.63) is 36.1 Å². The highest BCUT2D eigenvalue weighted by Crippen LogP contribution is 2.19. The second-order valence-electron chi connectivity index (χ2n) is 7.58. The van der Waals surface area contributed by atoms with Crippen molar-refractivity contribution in [3.8, 4) is 0 Å². The molecule has 0 radical (unpaired) electrons. The maximum atomic E-state index is 12.0. The van der Waals surface area contributed by atoms with E-state index in [2.05, 4.69) is 37.6 Å². The number of guanidine groups is 1. The maximum absolute atomic E-state index is 12.0. The largest absolute Gasteiger partial charge is 0.461 e. The number of furan rings is 1. The number of rotatable bonds is 6. The van der Waals surface area contributed by atoms with Gasteiger partial charge < -0.3 is 20.0 Å². The van der Waals surface area contributed by atoms with E-state index in [0.717, 1.165) is 74.7 Å². The van der Waals surface area contributed by atoms with Crippen LogP contribution in [0.5, 0.6) is 0 Å². The van der Waals surface area contributed by atoms with Crippen LogP contribution < -0.4 is 10.6 Å². The molecule has 7 nitrogen and oxygen atoms in total. The van der Waals surface area contributed by atoms with Gasteiger partial charge in [0.2, 0.25) is 5.91 Å². The first-order valence-electron chi connectivity index (χ1n) is 10.2. The highest BCUT2D eigenvalue weighted by molar-refractivity contribution is 14.0. The van der Waals surface area contributed by atoms with Gasteiger partial charge in [-0.1, -0.05) is 18.2 Å². The fraction of sp³-hybridized carbons (Fsp3) is 0.524. The molecule has 1 aromatic heterocycles. The summed E-state index contributed by atoms with van der Waals surface area (Å²) in [5.74, 6) is 2.05. The van der Waals surface area contributed by atoms with E-state index in [-0.39, 0.29) is 29.9 Å². The zero-order chi connectivity index (χ0) is 19.3. The number of carbonyl (C=O) groups is 1. The van der Waals surface area contributed by atoms with Gasteiger partial charge in [0.15, 0.2) is 5.96 Å². The predicted molar refractivity (Wildman–Crippen MR) is 126 cm³/mol. The molecule has 29 heavy (non-hydrogen) atoms. The van der Waals surface area contributed by atoms with Crippen LogP contribution in [0, 0.1) is 0 Å². The molecule has 2 heterocycles. The fourth-order valence-electron chi connectivity index (χ4n) is 3.61. The number of hydrogen-bond acceptors (Lipinski definition) is 4. The summed E-state index contributed by atoms with van der Waals surface area (Å²) >= 11 is 0. The molecule has 1 saturated heterocycles. The van der Waals surface area contributed by atoms with Crippen LogP contribution in [-0.2, 0) is 11.2 Å². The fourth-order valence-corrected chi connectivity index (χ4v) is 3.61. The van der Waals surface area contributed by atoms with Crippen molar-refractivity contribution in [1.29, 1.82) is 0 Å². The van der Waals surface area contributed by atoms with Gasteiger partial charge in [0.25, 0.3) is 0 Å². The first-order valence-corrected chi connectivity index (χ1v) is 10.2. The number of aliphatic imine (C=N–C) groups is 1. The van der Waals surface area contributed by atoms with Crippen molar-refractivity contribution in [2.75, 3.05) is 46.3 Å². The summed E-state index contributed by atoms with van der Waals surface area (Å²) in [6, 6.07) is 10.6. The number of benzene rings is 1. The highest BCUT2D eigenvalue weighted by Gasteiger charge is 2.25. The number of nitrogens with one attached hydrogen (secondary N) is 2. The van der Waals surface area contributed by atoms with Crippen molar-refractivity contribution in [2.24, 2.45) is 4.99 Å². The molecule has 2 N–H and O–H groups in total. The minimum Gasteiger partial charge on any atom is -0.461 e.